The van der Waals surface area contributed by atoms with Crippen LogP contribution in [0.15, 0.2) is 98.1 Å². The van der Waals surface area contributed by atoms with Crippen LogP contribution in [0.1, 0.15) is 10.4 Å². The van der Waals surface area contributed by atoms with Gasteiger partial charge < -0.3 is 9.47 Å². The van der Waals surface area contributed by atoms with E-state index in [1.165, 1.54) is 0 Å². The van der Waals surface area contributed by atoms with Gasteiger partial charge in [-0.15, -0.1) is 0 Å². The number of esters is 1. The van der Waals surface area contributed by atoms with Crippen molar-refractivity contribution in [1.82, 2.24) is 0 Å². The minimum Gasteiger partial charge on any atom is -0.490 e. The fourth-order valence-corrected chi connectivity index (χ4v) is 2.77. The topological polar surface area (TPSA) is 35.5 Å². The molecule has 0 bridgehead atoms. The van der Waals surface area contributed by atoms with Gasteiger partial charge in [0.1, 0.15) is 19.0 Å². The van der Waals surface area contributed by atoms with Crippen LogP contribution < -0.4 is 4.74 Å². The number of carbonyl (C=O) groups is 1. The lowest BCUT2D eigenvalue weighted by atomic mass is 9.99. The summed E-state index contributed by atoms with van der Waals surface area (Å²) in [6, 6.07) is 23.7. The molecule has 0 aromatic heterocycles. The number of hydrogen-bond acceptors (Lipinski definition) is 3. The first-order valence-electron chi connectivity index (χ1n) is 9.04. The van der Waals surface area contributed by atoms with Crippen LogP contribution >= 0.6 is 0 Å². The van der Waals surface area contributed by atoms with Crippen molar-refractivity contribution < 1.29 is 14.3 Å². The van der Waals surface area contributed by atoms with Crippen molar-refractivity contribution >= 4 is 5.97 Å². The van der Waals surface area contributed by atoms with E-state index in [0.717, 1.165) is 28.0 Å². The number of ether oxygens (including phenoxy) is 2. The smallest absolute Gasteiger partial charge is 0.338 e. The molecule has 0 aliphatic carbocycles. The Morgan fingerprint density at radius 2 is 1.11 bits per heavy atom. The van der Waals surface area contributed by atoms with Crippen molar-refractivity contribution in [3.05, 3.63) is 104 Å². The number of hydrogen-bond donors (Lipinski definition) is 0. The average Bonchev–Trinajstić information content (AvgIpc) is 2.76. The van der Waals surface area contributed by atoms with Gasteiger partial charge >= 0.3 is 5.97 Å². The van der Waals surface area contributed by atoms with Crippen molar-refractivity contribution in [2.75, 3.05) is 13.2 Å². The molecule has 0 atom stereocenters. The van der Waals surface area contributed by atoms with Gasteiger partial charge in [-0.1, -0.05) is 73.8 Å². The minimum absolute atomic E-state index is 0.212. The predicted molar refractivity (Wildman–Crippen MR) is 113 cm³/mol. The van der Waals surface area contributed by atoms with E-state index in [0.29, 0.717) is 12.2 Å². The molecule has 3 heteroatoms. The zero-order chi connectivity index (χ0) is 19.8. The van der Waals surface area contributed by atoms with Crippen LogP contribution in [0.2, 0.25) is 0 Å². The van der Waals surface area contributed by atoms with Gasteiger partial charge in [-0.2, -0.15) is 0 Å². The Balaban J connectivity index is 1.71. The van der Waals surface area contributed by atoms with Crippen LogP contribution in [0.5, 0.6) is 5.75 Å². The maximum Gasteiger partial charge on any atom is 0.338 e. The first kappa shape index (κ1) is 19.2. The highest BCUT2D eigenvalue weighted by atomic mass is 16.5. The molecule has 3 rings (SSSR count). The summed E-state index contributed by atoms with van der Waals surface area (Å²) in [5.74, 6) is 0.481. The molecule has 0 aliphatic heterocycles. The Morgan fingerprint density at radius 3 is 1.57 bits per heavy atom. The zero-order valence-corrected chi connectivity index (χ0v) is 15.6. The van der Waals surface area contributed by atoms with Gasteiger partial charge in [-0.25, -0.2) is 4.79 Å². The Bertz CT molecular complexity index is 937. The highest BCUT2D eigenvalue weighted by Crippen LogP contribution is 2.26. The molecule has 0 saturated heterocycles. The molecule has 3 aromatic carbocycles. The van der Waals surface area contributed by atoms with Gasteiger partial charge in [-0.05, 0) is 46.5 Å². The Hall–Kier alpha value is -3.59. The van der Waals surface area contributed by atoms with Crippen molar-refractivity contribution in [3.63, 3.8) is 0 Å². The largest absolute Gasteiger partial charge is 0.490 e. The average molecular weight is 370 g/mol. The monoisotopic (exact) mass is 370 g/mol. The molecule has 0 heterocycles. The number of benzene rings is 3. The third kappa shape index (κ3) is 4.77. The first-order valence-corrected chi connectivity index (χ1v) is 9.04. The zero-order valence-electron chi connectivity index (χ0n) is 15.6. The minimum atomic E-state index is -0.345. The highest BCUT2D eigenvalue weighted by molar-refractivity contribution is 5.90. The van der Waals surface area contributed by atoms with E-state index in [1.54, 1.807) is 24.3 Å². The second-order valence-corrected chi connectivity index (χ2v) is 6.17. The van der Waals surface area contributed by atoms with Crippen molar-refractivity contribution in [2.45, 2.75) is 0 Å². The molecule has 140 valence electrons. The molecule has 0 saturated carbocycles. The summed E-state index contributed by atoms with van der Waals surface area (Å²) in [6.45, 7) is 7.90. The van der Waals surface area contributed by atoms with E-state index in [9.17, 15) is 4.79 Å². The van der Waals surface area contributed by atoms with Gasteiger partial charge in [0, 0.05) is 0 Å². The fourth-order valence-electron chi connectivity index (χ4n) is 2.77. The van der Waals surface area contributed by atoms with Gasteiger partial charge in [0.25, 0.3) is 0 Å². The third-order valence-electron chi connectivity index (χ3n) is 4.23. The Morgan fingerprint density at radius 1 is 0.679 bits per heavy atom. The highest BCUT2D eigenvalue weighted by Gasteiger charge is 2.07. The SMILES string of the molecule is C=CCOC(=O)c1ccc(-c2ccc(-c3ccc(OCC=C)cc3)cc2)cc1. The number of carbonyl (C=O) groups excluding carboxylic acids is 1. The molecular formula is C25H22O3. The molecule has 0 radical (unpaired) electrons. The van der Waals surface area contributed by atoms with Crippen LogP contribution in [-0.4, -0.2) is 19.2 Å². The second kappa shape index (κ2) is 9.38. The first-order chi connectivity index (χ1) is 13.7. The number of rotatable bonds is 8. The van der Waals surface area contributed by atoms with Crippen LogP contribution in [0.4, 0.5) is 0 Å². The van der Waals surface area contributed by atoms with Crippen LogP contribution in [-0.2, 0) is 4.74 Å². The normalized spacial score (nSPS) is 10.1. The van der Waals surface area contributed by atoms with Crippen molar-refractivity contribution in [2.24, 2.45) is 0 Å². The molecule has 3 aromatic rings. The van der Waals surface area contributed by atoms with Crippen LogP contribution in [0.25, 0.3) is 22.3 Å². The molecule has 0 unspecified atom stereocenters. The second-order valence-electron chi connectivity index (χ2n) is 6.17. The fraction of sp³-hybridized carbons (Fsp3) is 0.0800. The summed E-state index contributed by atoms with van der Waals surface area (Å²) >= 11 is 0. The summed E-state index contributed by atoms with van der Waals surface area (Å²) in [4.78, 5) is 11.9. The van der Waals surface area contributed by atoms with Crippen molar-refractivity contribution in [1.29, 1.82) is 0 Å². The lowest BCUT2D eigenvalue weighted by Crippen LogP contribution is -2.04. The van der Waals surface area contributed by atoms with Gasteiger partial charge in [0.2, 0.25) is 0 Å². The van der Waals surface area contributed by atoms with E-state index in [-0.39, 0.29) is 12.6 Å². The Labute approximate surface area is 165 Å². The molecule has 28 heavy (non-hydrogen) atoms. The molecule has 0 aliphatic rings. The quantitative estimate of drug-likeness (QED) is 0.364. The van der Waals surface area contributed by atoms with Gasteiger partial charge in [0.15, 0.2) is 0 Å². The van der Waals surface area contributed by atoms with E-state index in [1.807, 2.05) is 36.4 Å². The summed E-state index contributed by atoms with van der Waals surface area (Å²) < 4.78 is 10.6. The summed E-state index contributed by atoms with van der Waals surface area (Å²) in [6.07, 6.45) is 3.28. The third-order valence-corrected chi connectivity index (χ3v) is 4.23. The lowest BCUT2D eigenvalue weighted by molar-refractivity contribution is 0.0550. The summed E-state index contributed by atoms with van der Waals surface area (Å²) in [5.41, 5.74) is 4.91. The van der Waals surface area contributed by atoms with Gasteiger partial charge in [0.05, 0.1) is 5.56 Å². The summed E-state index contributed by atoms with van der Waals surface area (Å²) in [5, 5.41) is 0. The van der Waals surface area contributed by atoms with E-state index in [2.05, 4.69) is 37.4 Å². The van der Waals surface area contributed by atoms with Crippen molar-refractivity contribution in [3.8, 4) is 28.0 Å². The predicted octanol–water partition coefficient (Wildman–Crippen LogP) is 5.93. The summed E-state index contributed by atoms with van der Waals surface area (Å²) in [7, 11) is 0. The van der Waals surface area contributed by atoms with E-state index in [4.69, 9.17) is 9.47 Å². The molecular weight excluding hydrogens is 348 g/mol. The molecule has 0 spiro atoms. The maximum atomic E-state index is 11.9. The molecule has 3 nitrogen and oxygen atoms in total. The molecule has 0 fully saturated rings. The standard InChI is InChI=1S/C25H22O3/c1-3-17-27-24-15-13-22(14-16-24)20-7-5-19(6-8-20)21-9-11-23(12-10-21)25(26)28-18-4-2/h3-16H,1-2,17-18H2. The Kier molecular flexibility index (Phi) is 6.42. The van der Waals surface area contributed by atoms with E-state index < -0.39 is 0 Å². The maximum absolute atomic E-state index is 11.9. The molecule has 0 N–H and O–H groups in total. The van der Waals surface area contributed by atoms with Crippen LogP contribution in [0.3, 0.4) is 0 Å². The lowest BCUT2D eigenvalue weighted by Gasteiger charge is -2.08. The van der Waals surface area contributed by atoms with Gasteiger partial charge in [-0.3, -0.25) is 0 Å². The van der Waals surface area contributed by atoms with Crippen LogP contribution in [0, 0.1) is 0 Å². The molecule has 0 amide bonds. The van der Waals surface area contributed by atoms with E-state index >= 15 is 0 Å².